The summed E-state index contributed by atoms with van der Waals surface area (Å²) in [4.78, 5) is 8.39. The van der Waals surface area contributed by atoms with Crippen molar-refractivity contribution in [2.24, 2.45) is 0 Å². The van der Waals surface area contributed by atoms with Gasteiger partial charge in [-0.05, 0) is 19.8 Å². The molecule has 20 heavy (non-hydrogen) atoms. The number of aromatic nitrogens is 2. The molecule has 1 aromatic heterocycles. The number of hydrogen-bond acceptors (Lipinski definition) is 5. The number of ether oxygens (including phenoxy) is 2. The van der Waals surface area contributed by atoms with Crippen molar-refractivity contribution >= 4 is 0 Å². The first kappa shape index (κ1) is 15.2. The lowest BCUT2D eigenvalue weighted by atomic mass is 9.86. The minimum atomic E-state index is -0.802. The van der Waals surface area contributed by atoms with Crippen molar-refractivity contribution in [3.8, 4) is 5.88 Å². The highest BCUT2D eigenvalue weighted by Crippen LogP contribution is 2.41. The van der Waals surface area contributed by atoms with E-state index in [4.69, 9.17) is 9.47 Å². The van der Waals surface area contributed by atoms with Crippen LogP contribution in [0.5, 0.6) is 5.88 Å². The maximum absolute atomic E-state index is 10.9. The number of rotatable bonds is 5. The van der Waals surface area contributed by atoms with Gasteiger partial charge < -0.3 is 14.6 Å². The van der Waals surface area contributed by atoms with E-state index < -0.39 is 11.7 Å². The highest BCUT2D eigenvalue weighted by Gasteiger charge is 2.42. The second-order valence-corrected chi connectivity index (χ2v) is 5.27. The van der Waals surface area contributed by atoms with Crippen LogP contribution in [0.1, 0.15) is 57.2 Å². The van der Waals surface area contributed by atoms with Gasteiger partial charge in [-0.1, -0.05) is 25.7 Å². The second kappa shape index (κ2) is 6.99. The molecule has 1 fully saturated rings. The summed E-state index contributed by atoms with van der Waals surface area (Å²) in [5.74, 6) is 0.378. The Morgan fingerprint density at radius 3 is 2.45 bits per heavy atom. The van der Waals surface area contributed by atoms with Crippen LogP contribution in [0.4, 0.5) is 0 Å². The third-order valence-electron chi connectivity index (χ3n) is 4.02. The monoisotopic (exact) mass is 280 g/mol. The van der Waals surface area contributed by atoms with Gasteiger partial charge in [-0.25, -0.2) is 4.98 Å². The molecule has 1 unspecified atom stereocenters. The highest BCUT2D eigenvalue weighted by atomic mass is 16.5. The molecule has 1 atom stereocenters. The summed E-state index contributed by atoms with van der Waals surface area (Å²) in [5, 5.41) is 10.9. The number of nitrogens with zero attached hydrogens (tertiary/aromatic N) is 2. The van der Waals surface area contributed by atoms with Crippen molar-refractivity contribution < 1.29 is 14.6 Å². The Kier molecular flexibility index (Phi) is 5.31. The summed E-state index contributed by atoms with van der Waals surface area (Å²) < 4.78 is 11.2. The van der Waals surface area contributed by atoms with Crippen molar-refractivity contribution in [2.75, 3.05) is 13.7 Å². The lowest BCUT2D eigenvalue weighted by Gasteiger charge is -2.37. The molecule has 0 bridgehead atoms. The zero-order valence-electron chi connectivity index (χ0n) is 12.3. The molecule has 112 valence electrons. The Morgan fingerprint density at radius 1 is 1.20 bits per heavy atom. The van der Waals surface area contributed by atoms with Crippen LogP contribution in [0.2, 0.25) is 0 Å². The van der Waals surface area contributed by atoms with Crippen molar-refractivity contribution in [1.82, 2.24) is 9.97 Å². The zero-order chi connectivity index (χ0) is 14.4. The molecule has 1 heterocycles. The Labute approximate surface area is 120 Å². The van der Waals surface area contributed by atoms with E-state index in [1.165, 1.54) is 12.8 Å². The van der Waals surface area contributed by atoms with E-state index in [9.17, 15) is 5.11 Å². The van der Waals surface area contributed by atoms with Crippen molar-refractivity contribution in [3.63, 3.8) is 0 Å². The third kappa shape index (κ3) is 3.10. The van der Waals surface area contributed by atoms with Gasteiger partial charge >= 0.3 is 0 Å². The third-order valence-corrected chi connectivity index (χ3v) is 4.02. The molecule has 1 saturated carbocycles. The summed E-state index contributed by atoms with van der Waals surface area (Å²) in [5.41, 5.74) is -0.0838. The van der Waals surface area contributed by atoms with Crippen LogP contribution >= 0.6 is 0 Å². The van der Waals surface area contributed by atoms with E-state index >= 15 is 0 Å². The molecule has 0 saturated heterocycles. The van der Waals surface area contributed by atoms with Crippen LogP contribution in [0.3, 0.4) is 0 Å². The van der Waals surface area contributed by atoms with Crippen LogP contribution < -0.4 is 4.74 Å². The maximum Gasteiger partial charge on any atom is 0.238 e. The number of aliphatic hydroxyl groups excluding tert-OH is 1. The lowest BCUT2D eigenvalue weighted by molar-refractivity contribution is -0.133. The van der Waals surface area contributed by atoms with Crippen molar-refractivity contribution in [3.05, 3.63) is 18.1 Å². The van der Waals surface area contributed by atoms with E-state index in [1.54, 1.807) is 19.5 Å². The first-order valence-corrected chi connectivity index (χ1v) is 7.40. The predicted octanol–water partition coefficient (Wildman–Crippen LogP) is 2.65. The van der Waals surface area contributed by atoms with Gasteiger partial charge in [-0.3, -0.25) is 4.98 Å². The number of hydrogen-bond donors (Lipinski definition) is 1. The summed E-state index contributed by atoms with van der Waals surface area (Å²) in [6.07, 6.45) is 8.57. The average Bonchev–Trinajstić information content (AvgIpc) is 2.73. The fourth-order valence-electron chi connectivity index (χ4n) is 3.04. The lowest BCUT2D eigenvalue weighted by Crippen LogP contribution is -2.40. The normalized spacial score (nSPS) is 20.1. The van der Waals surface area contributed by atoms with Gasteiger partial charge in [0.1, 0.15) is 11.8 Å². The largest absolute Gasteiger partial charge is 0.480 e. The molecule has 0 spiro atoms. The maximum atomic E-state index is 10.9. The van der Waals surface area contributed by atoms with E-state index in [-0.39, 0.29) is 0 Å². The van der Waals surface area contributed by atoms with Gasteiger partial charge in [-0.2, -0.15) is 0 Å². The molecule has 1 aliphatic carbocycles. The van der Waals surface area contributed by atoms with Crippen molar-refractivity contribution in [2.45, 2.75) is 57.2 Å². The molecule has 2 rings (SSSR count). The van der Waals surface area contributed by atoms with Gasteiger partial charge in [-0.15, -0.1) is 0 Å². The number of methoxy groups -OCH3 is 1. The van der Waals surface area contributed by atoms with Gasteiger partial charge in [0.25, 0.3) is 0 Å². The Balaban J connectivity index is 2.32. The topological polar surface area (TPSA) is 64.5 Å². The minimum Gasteiger partial charge on any atom is -0.480 e. The predicted molar refractivity (Wildman–Crippen MR) is 75.6 cm³/mol. The van der Waals surface area contributed by atoms with Gasteiger partial charge in [0, 0.05) is 19.0 Å². The quantitative estimate of drug-likeness (QED) is 0.840. The SMILES string of the molecule is CCOC1(C(O)c2nccnc2OC)CCCCCC1. The Bertz CT molecular complexity index is 417. The molecule has 1 N–H and O–H groups in total. The van der Waals surface area contributed by atoms with Crippen LogP contribution in [0.25, 0.3) is 0 Å². The molecule has 5 nitrogen and oxygen atoms in total. The van der Waals surface area contributed by atoms with Gasteiger partial charge in [0.05, 0.1) is 12.7 Å². The number of aliphatic hydroxyl groups is 1. The van der Waals surface area contributed by atoms with E-state index in [0.717, 1.165) is 25.7 Å². The molecule has 0 aromatic carbocycles. The van der Waals surface area contributed by atoms with Gasteiger partial charge in [0.2, 0.25) is 5.88 Å². The highest BCUT2D eigenvalue weighted by molar-refractivity contribution is 5.22. The summed E-state index contributed by atoms with van der Waals surface area (Å²) in [7, 11) is 1.54. The molecule has 0 radical (unpaired) electrons. The fraction of sp³-hybridized carbons (Fsp3) is 0.733. The van der Waals surface area contributed by atoms with E-state index in [2.05, 4.69) is 9.97 Å². The van der Waals surface area contributed by atoms with E-state index in [1.807, 2.05) is 6.92 Å². The first-order chi connectivity index (χ1) is 9.73. The van der Waals surface area contributed by atoms with Crippen LogP contribution in [0, 0.1) is 0 Å². The zero-order valence-corrected chi connectivity index (χ0v) is 12.3. The molecular weight excluding hydrogens is 256 g/mol. The smallest absolute Gasteiger partial charge is 0.238 e. The van der Waals surface area contributed by atoms with Crippen LogP contribution in [0.15, 0.2) is 12.4 Å². The Hall–Kier alpha value is -1.20. The molecule has 0 amide bonds. The van der Waals surface area contributed by atoms with Crippen LogP contribution in [-0.2, 0) is 4.74 Å². The molecular formula is C15H24N2O3. The summed E-state index contributed by atoms with van der Waals surface area (Å²) in [6.45, 7) is 2.55. The van der Waals surface area contributed by atoms with E-state index in [0.29, 0.717) is 18.2 Å². The minimum absolute atomic E-state index is 0.378. The first-order valence-electron chi connectivity index (χ1n) is 7.40. The van der Waals surface area contributed by atoms with Crippen molar-refractivity contribution in [1.29, 1.82) is 0 Å². The molecule has 1 aliphatic rings. The molecule has 1 aromatic rings. The second-order valence-electron chi connectivity index (χ2n) is 5.27. The average molecular weight is 280 g/mol. The Morgan fingerprint density at radius 2 is 1.85 bits per heavy atom. The summed E-state index contributed by atoms with van der Waals surface area (Å²) in [6, 6.07) is 0. The molecule has 5 heteroatoms. The standard InChI is InChI=1S/C15H24N2O3/c1-3-20-15(8-6-4-5-7-9-15)13(18)12-14(19-2)17-11-10-16-12/h10-11,13,18H,3-9H2,1-2H3. The summed E-state index contributed by atoms with van der Waals surface area (Å²) >= 11 is 0. The fourth-order valence-corrected chi connectivity index (χ4v) is 3.04. The molecule has 0 aliphatic heterocycles. The van der Waals surface area contributed by atoms with Crippen LogP contribution in [-0.4, -0.2) is 34.4 Å². The van der Waals surface area contributed by atoms with Gasteiger partial charge in [0.15, 0.2) is 0 Å².